The van der Waals surface area contributed by atoms with Crippen molar-refractivity contribution in [1.82, 2.24) is 14.5 Å². The monoisotopic (exact) mass is 557 g/mol. The molecule has 10 heteroatoms. The lowest BCUT2D eigenvalue weighted by Gasteiger charge is -2.33. The first-order chi connectivity index (χ1) is 18.2. The number of hydrogen-bond acceptors (Lipinski definition) is 5. The Morgan fingerprint density at radius 3 is 2.05 bits per heavy atom. The normalized spacial score (nSPS) is 12.2. The topological polar surface area (TPSA) is 107 Å². The van der Waals surface area contributed by atoms with E-state index in [9.17, 15) is 18.0 Å². The highest BCUT2D eigenvalue weighted by Crippen LogP contribution is 2.25. The Labute approximate surface area is 228 Å². The Balaban J connectivity index is 1.99. The molecule has 3 rings (SSSR count). The van der Waals surface area contributed by atoms with Crippen LogP contribution in [0.15, 0.2) is 84.9 Å². The fraction of sp³-hybridized carbons (Fsp3) is 0.286. The van der Waals surface area contributed by atoms with E-state index < -0.39 is 34.4 Å². The molecular weight excluding hydrogens is 526 g/mol. The second kappa shape index (κ2) is 14.1. The molecule has 0 saturated heterocycles. The summed E-state index contributed by atoms with van der Waals surface area (Å²) in [4.78, 5) is 28.7. The van der Waals surface area contributed by atoms with Crippen LogP contribution in [0.1, 0.15) is 29.2 Å². The molecule has 0 unspecified atom stereocenters. The van der Waals surface area contributed by atoms with Crippen LogP contribution in [0.3, 0.4) is 0 Å². The van der Waals surface area contributed by atoms with Gasteiger partial charge in [0.25, 0.3) is 0 Å². The average Bonchev–Trinajstić information content (AvgIpc) is 2.90. The zero-order chi connectivity index (χ0) is 27.5. The van der Waals surface area contributed by atoms with Crippen molar-refractivity contribution in [3.63, 3.8) is 0 Å². The van der Waals surface area contributed by atoms with Gasteiger partial charge in [-0.05, 0) is 35.2 Å². The minimum Gasteiger partial charge on any atom is -0.396 e. The fourth-order valence-electron chi connectivity index (χ4n) is 3.92. The molecule has 1 atom stereocenters. The van der Waals surface area contributed by atoms with E-state index in [-0.39, 0.29) is 26.2 Å². The number of nitrogens with one attached hydrogen (secondary N) is 1. The molecule has 38 heavy (non-hydrogen) atoms. The molecule has 2 N–H and O–H groups in total. The molecule has 0 aromatic heterocycles. The molecule has 0 spiro atoms. The molecule has 0 radical (unpaired) electrons. The molecule has 0 heterocycles. The molecular formula is C28H32ClN3O5S. The van der Waals surface area contributed by atoms with Gasteiger partial charge in [0.1, 0.15) is 6.04 Å². The summed E-state index contributed by atoms with van der Waals surface area (Å²) < 4.78 is 26.5. The lowest BCUT2D eigenvalue weighted by atomic mass is 10.0. The minimum absolute atomic E-state index is 0.0128. The predicted molar refractivity (Wildman–Crippen MR) is 148 cm³/mol. The lowest BCUT2D eigenvalue weighted by molar-refractivity contribution is -0.141. The number of rotatable bonds is 13. The molecule has 3 aromatic carbocycles. The zero-order valence-corrected chi connectivity index (χ0v) is 22.7. The van der Waals surface area contributed by atoms with E-state index >= 15 is 0 Å². The van der Waals surface area contributed by atoms with Crippen molar-refractivity contribution in [2.45, 2.75) is 25.6 Å². The van der Waals surface area contributed by atoms with E-state index in [1.807, 2.05) is 6.07 Å². The van der Waals surface area contributed by atoms with Crippen LogP contribution in [0.25, 0.3) is 0 Å². The second-order valence-electron chi connectivity index (χ2n) is 8.85. The van der Waals surface area contributed by atoms with Crippen molar-refractivity contribution in [2.24, 2.45) is 0 Å². The van der Waals surface area contributed by atoms with Crippen LogP contribution in [0.4, 0.5) is 0 Å². The minimum atomic E-state index is -3.76. The van der Waals surface area contributed by atoms with Crippen LogP contribution in [-0.2, 0) is 32.7 Å². The molecule has 2 amide bonds. The van der Waals surface area contributed by atoms with Crippen molar-refractivity contribution in [2.75, 3.05) is 26.0 Å². The number of aliphatic hydroxyl groups is 1. The molecule has 202 valence electrons. The molecule has 0 bridgehead atoms. The maximum atomic E-state index is 13.9. The molecule has 0 aliphatic carbocycles. The summed E-state index contributed by atoms with van der Waals surface area (Å²) in [6, 6.07) is 23.7. The van der Waals surface area contributed by atoms with E-state index in [1.165, 1.54) is 4.90 Å². The maximum Gasteiger partial charge on any atom is 0.247 e. The highest BCUT2D eigenvalue weighted by molar-refractivity contribution is 7.88. The number of amides is 2. The van der Waals surface area contributed by atoms with Crippen molar-refractivity contribution in [1.29, 1.82) is 0 Å². The zero-order valence-electron chi connectivity index (χ0n) is 21.2. The molecule has 8 nitrogen and oxygen atoms in total. The van der Waals surface area contributed by atoms with Crippen molar-refractivity contribution < 1.29 is 23.1 Å². The summed E-state index contributed by atoms with van der Waals surface area (Å²) in [5.41, 5.74) is 2.03. The number of aliphatic hydroxyl groups excluding tert-OH is 1. The number of carbonyl (C=O) groups excluding carboxylic acids is 2. The standard InChI is InChI=1S/C28H32ClN3O5S/c1-38(36,37)31(19-22-9-4-2-5-10-22)21-26(34)32(20-23-13-15-25(29)16-14-23)27(24-11-6-3-7-12-24)28(35)30-17-8-18-33/h2-7,9-16,27,33H,8,17-21H2,1H3,(H,30,35)/t27-/m0/s1. The Morgan fingerprint density at radius 2 is 1.47 bits per heavy atom. The Bertz CT molecular complexity index is 1290. The van der Waals surface area contributed by atoms with Gasteiger partial charge in [0, 0.05) is 31.3 Å². The number of hydrogen-bond donors (Lipinski definition) is 2. The molecule has 0 fully saturated rings. The lowest BCUT2D eigenvalue weighted by Crippen LogP contribution is -2.48. The predicted octanol–water partition coefficient (Wildman–Crippen LogP) is 3.37. The summed E-state index contributed by atoms with van der Waals surface area (Å²) in [6.45, 7) is -0.253. The summed E-state index contributed by atoms with van der Waals surface area (Å²) in [5.74, 6) is -0.964. The first-order valence-electron chi connectivity index (χ1n) is 12.2. The van der Waals surface area contributed by atoms with Crippen LogP contribution in [0.5, 0.6) is 0 Å². The number of nitrogens with zero attached hydrogens (tertiary/aromatic N) is 2. The molecule has 0 aliphatic rings. The highest BCUT2D eigenvalue weighted by atomic mass is 35.5. The Hall–Kier alpha value is -3.24. The third-order valence-corrected chi connectivity index (χ3v) is 7.33. The van der Waals surface area contributed by atoms with Crippen molar-refractivity contribution in [3.05, 3.63) is 107 Å². The van der Waals surface area contributed by atoms with Gasteiger partial charge in [-0.2, -0.15) is 4.31 Å². The van der Waals surface area contributed by atoms with Crippen LogP contribution in [-0.4, -0.2) is 60.5 Å². The van der Waals surface area contributed by atoms with Gasteiger partial charge < -0.3 is 15.3 Å². The quantitative estimate of drug-likeness (QED) is 0.313. The van der Waals surface area contributed by atoms with Crippen molar-refractivity contribution in [3.8, 4) is 0 Å². The van der Waals surface area contributed by atoms with Crippen LogP contribution < -0.4 is 5.32 Å². The van der Waals surface area contributed by atoms with Gasteiger partial charge in [-0.1, -0.05) is 84.4 Å². The van der Waals surface area contributed by atoms with Crippen molar-refractivity contribution >= 4 is 33.4 Å². The first kappa shape index (κ1) is 29.3. The van der Waals surface area contributed by atoms with Gasteiger partial charge in [-0.25, -0.2) is 8.42 Å². The number of halogens is 1. The van der Waals surface area contributed by atoms with E-state index in [0.717, 1.165) is 21.7 Å². The Morgan fingerprint density at radius 1 is 0.895 bits per heavy atom. The number of sulfonamides is 1. The average molecular weight is 558 g/mol. The highest BCUT2D eigenvalue weighted by Gasteiger charge is 2.33. The Kier molecular flexibility index (Phi) is 10.8. The fourth-order valence-corrected chi connectivity index (χ4v) is 4.78. The SMILES string of the molecule is CS(=O)(=O)N(CC(=O)N(Cc1ccc(Cl)cc1)[C@H](C(=O)NCCCO)c1ccccc1)Cc1ccccc1. The third kappa shape index (κ3) is 8.66. The molecule has 0 saturated carbocycles. The van der Waals surface area contributed by atoms with Gasteiger partial charge in [0.2, 0.25) is 21.8 Å². The number of carbonyl (C=O) groups is 2. The van der Waals surface area contributed by atoms with E-state index in [4.69, 9.17) is 16.7 Å². The van der Waals surface area contributed by atoms with E-state index in [0.29, 0.717) is 17.0 Å². The largest absolute Gasteiger partial charge is 0.396 e. The third-order valence-electron chi connectivity index (χ3n) is 5.88. The van der Waals surface area contributed by atoms with Gasteiger partial charge >= 0.3 is 0 Å². The smallest absolute Gasteiger partial charge is 0.247 e. The van der Waals surface area contributed by atoms with Crippen LogP contribution >= 0.6 is 11.6 Å². The van der Waals surface area contributed by atoms with E-state index in [2.05, 4.69) is 5.32 Å². The first-order valence-corrected chi connectivity index (χ1v) is 14.4. The van der Waals surface area contributed by atoms with Crippen LogP contribution in [0.2, 0.25) is 5.02 Å². The van der Waals surface area contributed by atoms with Gasteiger partial charge in [0.15, 0.2) is 0 Å². The summed E-state index contributed by atoms with van der Waals surface area (Å²) in [6.07, 6.45) is 1.42. The van der Waals surface area contributed by atoms with Gasteiger partial charge in [-0.15, -0.1) is 0 Å². The summed E-state index contributed by atoms with van der Waals surface area (Å²) >= 11 is 6.05. The van der Waals surface area contributed by atoms with Gasteiger partial charge in [0.05, 0.1) is 12.8 Å². The summed E-state index contributed by atoms with van der Waals surface area (Å²) in [5, 5.41) is 12.5. The second-order valence-corrected chi connectivity index (χ2v) is 11.3. The molecule has 3 aromatic rings. The van der Waals surface area contributed by atoms with Gasteiger partial charge in [-0.3, -0.25) is 9.59 Å². The summed E-state index contributed by atoms with van der Waals surface area (Å²) in [7, 11) is -3.76. The van der Waals surface area contributed by atoms with Crippen LogP contribution in [0, 0.1) is 0 Å². The van der Waals surface area contributed by atoms with E-state index in [1.54, 1.807) is 78.9 Å². The molecule has 0 aliphatic heterocycles. The number of benzene rings is 3. The maximum absolute atomic E-state index is 13.9.